The summed E-state index contributed by atoms with van der Waals surface area (Å²) < 4.78 is 59.6. The first-order valence-corrected chi connectivity index (χ1v) is 14.8. The molecule has 0 atom stereocenters. The number of pyridine rings is 1. The van der Waals surface area contributed by atoms with Gasteiger partial charge in [-0.2, -0.15) is 4.57 Å². The second kappa shape index (κ2) is 12.4. The fourth-order valence-corrected chi connectivity index (χ4v) is 4.73. The Balaban J connectivity index is 0.000000771. The number of nitrogens with two attached hydrogens (primary N) is 1. The quantitative estimate of drug-likeness (QED) is 0.337. The van der Waals surface area contributed by atoms with Crippen LogP contribution >= 0.6 is 0 Å². The minimum Gasteiger partial charge on any atom is -0.225 e. The van der Waals surface area contributed by atoms with Gasteiger partial charge in [0.2, 0.25) is 15.7 Å². The summed E-state index contributed by atoms with van der Waals surface area (Å²) in [5.41, 5.74) is 6.93. The molecule has 0 amide bonds. The minimum atomic E-state index is -4.94. The van der Waals surface area contributed by atoms with Crippen molar-refractivity contribution in [1.29, 1.82) is 0 Å². The Labute approximate surface area is 231 Å². The van der Waals surface area contributed by atoms with E-state index >= 15 is 0 Å². The lowest BCUT2D eigenvalue weighted by molar-refractivity contribution is -2.00. The predicted molar refractivity (Wildman–Crippen MR) is 138 cm³/mol. The van der Waals surface area contributed by atoms with E-state index in [4.69, 9.17) is 23.8 Å². The predicted octanol–water partition coefficient (Wildman–Crippen LogP) is 0.740. The zero-order chi connectivity index (χ0) is 28.8. The van der Waals surface area contributed by atoms with Crippen molar-refractivity contribution in [3.05, 3.63) is 108 Å². The Kier molecular flexibility index (Phi) is 9.63. The van der Waals surface area contributed by atoms with Crippen molar-refractivity contribution >= 4 is 10.0 Å². The van der Waals surface area contributed by atoms with Crippen LogP contribution in [0.25, 0.3) is 22.4 Å². The van der Waals surface area contributed by atoms with Gasteiger partial charge in [0.15, 0.2) is 12.2 Å². The van der Waals surface area contributed by atoms with Gasteiger partial charge in [-0.3, -0.25) is 0 Å². The summed E-state index contributed by atoms with van der Waals surface area (Å²) in [4.78, 5) is 0.136. The van der Waals surface area contributed by atoms with E-state index in [0.717, 1.165) is 29.8 Å². The molecule has 0 spiro atoms. The van der Waals surface area contributed by atoms with Crippen molar-refractivity contribution < 1.29 is 41.9 Å². The Hall–Kier alpha value is -3.15. The number of halogens is 1. The van der Waals surface area contributed by atoms with Crippen LogP contribution in [0.3, 0.4) is 0 Å². The maximum absolute atomic E-state index is 11.6. The smallest absolute Gasteiger partial charge is 0.225 e. The van der Waals surface area contributed by atoms with E-state index in [0.29, 0.717) is 0 Å². The number of hydrogen-bond acceptors (Lipinski definition) is 6. The van der Waals surface area contributed by atoms with Crippen LogP contribution in [0.5, 0.6) is 0 Å². The molecule has 0 unspecified atom stereocenters. The monoisotopic (exact) mass is 570 g/mol. The van der Waals surface area contributed by atoms with Crippen LogP contribution in [0, 0.1) is 10.2 Å². The first-order chi connectivity index (χ1) is 18.1. The zero-order valence-corrected chi connectivity index (χ0v) is 23.5. The van der Waals surface area contributed by atoms with Gasteiger partial charge >= 0.3 is 0 Å². The highest BCUT2D eigenvalue weighted by molar-refractivity contribution is 7.89. The van der Waals surface area contributed by atoms with Crippen LogP contribution in [0.2, 0.25) is 0 Å². The van der Waals surface area contributed by atoms with Gasteiger partial charge in [-0.15, -0.1) is 10.2 Å². The molecule has 1 heterocycles. The zero-order valence-electron chi connectivity index (χ0n) is 21.9. The summed E-state index contributed by atoms with van der Waals surface area (Å²) >= 11 is 0. The fraction of sp³-hybridized carbons (Fsp3) is 0.207. The molecule has 8 nitrogen and oxygen atoms in total. The molecule has 1 aromatic heterocycles. The summed E-state index contributed by atoms with van der Waals surface area (Å²) in [5.74, 6) is 0. The lowest BCUT2D eigenvalue weighted by Crippen LogP contribution is -2.68. The fourth-order valence-electron chi connectivity index (χ4n) is 4.22. The third kappa shape index (κ3) is 9.22. The Morgan fingerprint density at radius 2 is 1.23 bits per heavy atom. The van der Waals surface area contributed by atoms with E-state index in [-0.39, 0.29) is 10.3 Å². The topological polar surface area (TPSA) is 156 Å². The SMILES string of the molecule is CC(C)(C)c1cc(-c2ccccc2)cc(-c2ccccc2)[n+]1CCc1ccc(S(N)(=O)=O)cc1.[O-][Cl+3]([O-])([O-])[O-]. The lowest BCUT2D eigenvalue weighted by Gasteiger charge is -2.21. The number of hydrogen-bond donors (Lipinski definition) is 1. The molecule has 0 saturated carbocycles. The van der Waals surface area contributed by atoms with Crippen LogP contribution < -0.4 is 28.3 Å². The number of aromatic nitrogens is 1. The highest BCUT2D eigenvalue weighted by atomic mass is 35.7. The van der Waals surface area contributed by atoms with Crippen LogP contribution in [-0.4, -0.2) is 8.42 Å². The third-order valence-electron chi connectivity index (χ3n) is 5.99. The van der Waals surface area contributed by atoms with Crippen molar-refractivity contribution in [3.8, 4) is 22.4 Å². The van der Waals surface area contributed by atoms with E-state index in [1.54, 1.807) is 12.1 Å². The molecule has 0 aliphatic carbocycles. The minimum absolute atomic E-state index is 0.0776. The average Bonchev–Trinajstić information content (AvgIpc) is 2.86. The molecule has 0 aliphatic rings. The third-order valence-corrected chi connectivity index (χ3v) is 6.92. The molecule has 4 rings (SSSR count). The van der Waals surface area contributed by atoms with Gasteiger partial charge in [0.1, 0.15) is 0 Å². The number of nitrogens with zero attached hydrogens (tertiary/aromatic N) is 1. The maximum atomic E-state index is 11.6. The molecular formula is C29H31ClN2O6S. The first kappa shape index (κ1) is 30.4. The highest BCUT2D eigenvalue weighted by Gasteiger charge is 2.29. The molecule has 0 aliphatic heterocycles. The molecule has 4 aromatic rings. The van der Waals surface area contributed by atoms with Crippen molar-refractivity contribution in [2.24, 2.45) is 5.14 Å². The Morgan fingerprint density at radius 1 is 0.744 bits per heavy atom. The molecule has 2 N–H and O–H groups in total. The van der Waals surface area contributed by atoms with Crippen LogP contribution in [-0.2, 0) is 28.4 Å². The number of primary sulfonamides is 1. The second-order valence-electron chi connectivity index (χ2n) is 9.97. The van der Waals surface area contributed by atoms with Crippen molar-refractivity contribution in [3.63, 3.8) is 0 Å². The summed E-state index contributed by atoms with van der Waals surface area (Å²) in [6.07, 6.45) is 0.767. The van der Waals surface area contributed by atoms with E-state index in [1.807, 2.05) is 24.3 Å². The second-order valence-corrected chi connectivity index (χ2v) is 12.3. The number of benzene rings is 3. The Morgan fingerprint density at radius 3 is 1.69 bits per heavy atom. The van der Waals surface area contributed by atoms with E-state index in [1.165, 1.54) is 16.8 Å². The number of rotatable bonds is 6. The van der Waals surface area contributed by atoms with Gasteiger partial charge in [-0.05, 0) is 41.0 Å². The van der Waals surface area contributed by atoms with Crippen LogP contribution in [0.15, 0.2) is 102 Å². The molecule has 0 fully saturated rings. The standard InChI is InChI=1S/C29H31N2O2S.ClHO4/c1-29(2,3)28-21-25(23-10-6-4-7-11-23)20-27(24-12-8-5-9-13-24)31(28)19-18-22-14-16-26(17-15-22)34(30,32)33;2-1(3,4)5/h4-17,20-21H,18-19H2,1-3H3,(H2,30,32,33);(H,2,3,4,5)/q+1;/p-1. The Bertz CT molecular complexity index is 1480. The lowest BCUT2D eigenvalue weighted by atomic mass is 9.88. The van der Waals surface area contributed by atoms with Gasteiger partial charge in [-0.1, -0.05) is 81.4 Å². The van der Waals surface area contributed by atoms with Crippen molar-refractivity contribution in [2.45, 2.75) is 44.0 Å². The summed E-state index contributed by atoms with van der Waals surface area (Å²) in [6.45, 7) is 7.48. The highest BCUT2D eigenvalue weighted by Crippen LogP contribution is 2.30. The summed E-state index contributed by atoms with van der Waals surface area (Å²) in [6, 6.07) is 32.3. The van der Waals surface area contributed by atoms with Gasteiger partial charge in [0.05, 0.1) is 4.90 Å². The molecule has 206 valence electrons. The summed E-state index contributed by atoms with van der Waals surface area (Å²) in [5, 5.41) is 5.25. The maximum Gasteiger partial charge on any atom is 0.238 e. The van der Waals surface area contributed by atoms with Crippen molar-refractivity contribution in [1.82, 2.24) is 0 Å². The van der Waals surface area contributed by atoms with Crippen molar-refractivity contribution in [2.75, 3.05) is 0 Å². The largest absolute Gasteiger partial charge is 0.238 e. The van der Waals surface area contributed by atoms with E-state index in [2.05, 4.69) is 86.0 Å². The first-order valence-electron chi connectivity index (χ1n) is 12.1. The van der Waals surface area contributed by atoms with Gasteiger partial charge < -0.3 is 0 Å². The molecule has 0 saturated heterocycles. The van der Waals surface area contributed by atoms with E-state index in [9.17, 15) is 8.42 Å². The molecule has 3 aromatic carbocycles. The molecule has 39 heavy (non-hydrogen) atoms. The molecule has 0 bridgehead atoms. The normalized spacial score (nSPS) is 12.0. The molecular weight excluding hydrogens is 540 g/mol. The number of aryl methyl sites for hydroxylation is 1. The average molecular weight is 571 g/mol. The van der Waals surface area contributed by atoms with Crippen LogP contribution in [0.4, 0.5) is 0 Å². The van der Waals surface area contributed by atoms with E-state index < -0.39 is 20.3 Å². The van der Waals surface area contributed by atoms with Crippen LogP contribution in [0.1, 0.15) is 32.0 Å². The van der Waals surface area contributed by atoms with Gasteiger partial charge in [-0.25, -0.2) is 32.2 Å². The molecule has 0 radical (unpaired) electrons. The summed E-state index contributed by atoms with van der Waals surface area (Å²) in [7, 11) is -8.64. The van der Waals surface area contributed by atoms with Gasteiger partial charge in [0, 0.05) is 29.5 Å². The number of sulfonamides is 1. The molecule has 10 heteroatoms. The van der Waals surface area contributed by atoms with Gasteiger partial charge in [0.25, 0.3) is 0 Å².